The van der Waals surface area contributed by atoms with Crippen molar-refractivity contribution in [2.45, 2.75) is 18.9 Å². The lowest BCUT2D eigenvalue weighted by Gasteiger charge is -2.34. The first-order valence-electron chi connectivity index (χ1n) is 6.54. The summed E-state index contributed by atoms with van der Waals surface area (Å²) < 4.78 is 2.84. The fourth-order valence-corrected chi connectivity index (χ4v) is 2.92. The maximum atomic E-state index is 6.02. The van der Waals surface area contributed by atoms with Gasteiger partial charge in [0.2, 0.25) is 0 Å². The molecule has 3 rings (SSSR count). The second-order valence-electron chi connectivity index (χ2n) is 4.88. The molecule has 4 nitrogen and oxygen atoms in total. The molecule has 100 valence electrons. The minimum atomic E-state index is 0.409. The highest BCUT2D eigenvalue weighted by Crippen LogP contribution is 2.30. The number of anilines is 2. The van der Waals surface area contributed by atoms with Crippen LogP contribution in [0, 0.1) is 0 Å². The van der Waals surface area contributed by atoms with Crippen LogP contribution in [0.1, 0.15) is 18.9 Å². The highest BCUT2D eigenvalue weighted by atomic mass is 79.9. The van der Waals surface area contributed by atoms with E-state index in [4.69, 9.17) is 5.73 Å². The maximum Gasteiger partial charge on any atom is 0.136 e. The number of nitrogens with two attached hydrogens (primary N) is 1. The van der Waals surface area contributed by atoms with Crippen LogP contribution in [0.15, 0.2) is 41.0 Å². The zero-order valence-corrected chi connectivity index (χ0v) is 12.3. The van der Waals surface area contributed by atoms with Crippen LogP contribution in [0.25, 0.3) is 0 Å². The molecule has 2 heterocycles. The Morgan fingerprint density at radius 3 is 2.42 bits per heavy atom. The van der Waals surface area contributed by atoms with E-state index >= 15 is 0 Å². The van der Waals surface area contributed by atoms with Gasteiger partial charge >= 0.3 is 0 Å². The zero-order valence-electron chi connectivity index (χ0n) is 10.7. The van der Waals surface area contributed by atoms with Crippen LogP contribution < -0.4 is 10.6 Å². The molecule has 0 amide bonds. The van der Waals surface area contributed by atoms with E-state index in [1.54, 1.807) is 6.20 Å². The van der Waals surface area contributed by atoms with Gasteiger partial charge in [-0.3, -0.25) is 0 Å². The van der Waals surface area contributed by atoms with Crippen molar-refractivity contribution in [2.75, 3.05) is 23.7 Å². The minimum absolute atomic E-state index is 0.409. The van der Waals surface area contributed by atoms with Gasteiger partial charge in [-0.25, -0.2) is 4.68 Å². The normalized spacial score (nSPS) is 16.8. The number of nitrogen functional groups attached to an aromatic ring is 1. The van der Waals surface area contributed by atoms with Crippen molar-refractivity contribution in [1.82, 2.24) is 9.78 Å². The SMILES string of the molecule is Nc1c(Br)cnn1C1CCN(c2ccccc2)CC1. The van der Waals surface area contributed by atoms with E-state index in [2.05, 4.69) is 56.3 Å². The molecule has 2 aromatic rings. The summed E-state index contributed by atoms with van der Waals surface area (Å²) in [6.07, 6.45) is 3.93. The molecule has 1 aliphatic heterocycles. The summed E-state index contributed by atoms with van der Waals surface area (Å²) in [7, 11) is 0. The van der Waals surface area contributed by atoms with Gasteiger partial charge in [-0.05, 0) is 40.9 Å². The number of hydrogen-bond acceptors (Lipinski definition) is 3. The third-order valence-corrected chi connectivity index (χ3v) is 4.33. The van der Waals surface area contributed by atoms with Crippen molar-refractivity contribution in [3.8, 4) is 0 Å². The number of aromatic nitrogens is 2. The smallest absolute Gasteiger partial charge is 0.136 e. The first kappa shape index (κ1) is 12.5. The van der Waals surface area contributed by atoms with E-state index in [0.717, 1.165) is 36.2 Å². The van der Waals surface area contributed by atoms with Gasteiger partial charge in [0.05, 0.1) is 16.7 Å². The van der Waals surface area contributed by atoms with E-state index in [-0.39, 0.29) is 0 Å². The van der Waals surface area contributed by atoms with Gasteiger partial charge in [-0.15, -0.1) is 0 Å². The fraction of sp³-hybridized carbons (Fsp3) is 0.357. The third kappa shape index (κ3) is 2.47. The molecule has 0 atom stereocenters. The van der Waals surface area contributed by atoms with Crippen molar-refractivity contribution in [2.24, 2.45) is 0 Å². The molecule has 1 aliphatic rings. The maximum absolute atomic E-state index is 6.02. The number of halogens is 1. The fourth-order valence-electron chi connectivity index (χ4n) is 2.65. The Labute approximate surface area is 121 Å². The molecule has 19 heavy (non-hydrogen) atoms. The largest absolute Gasteiger partial charge is 0.383 e. The van der Waals surface area contributed by atoms with Crippen LogP contribution >= 0.6 is 15.9 Å². The molecule has 1 aromatic carbocycles. The van der Waals surface area contributed by atoms with E-state index in [9.17, 15) is 0 Å². The van der Waals surface area contributed by atoms with E-state index in [1.165, 1.54) is 5.69 Å². The summed E-state index contributed by atoms with van der Waals surface area (Å²) in [6.45, 7) is 2.09. The summed E-state index contributed by atoms with van der Waals surface area (Å²) in [5.74, 6) is 0.734. The first-order valence-corrected chi connectivity index (χ1v) is 7.33. The van der Waals surface area contributed by atoms with E-state index < -0.39 is 0 Å². The highest BCUT2D eigenvalue weighted by Gasteiger charge is 2.23. The zero-order chi connectivity index (χ0) is 13.2. The Hall–Kier alpha value is -1.49. The molecule has 0 spiro atoms. The second-order valence-corrected chi connectivity index (χ2v) is 5.73. The molecule has 0 unspecified atom stereocenters. The summed E-state index contributed by atoms with van der Waals surface area (Å²) >= 11 is 3.41. The number of rotatable bonds is 2. The number of para-hydroxylation sites is 1. The van der Waals surface area contributed by atoms with Gasteiger partial charge in [-0.1, -0.05) is 18.2 Å². The molecular formula is C14H17BrN4. The molecule has 5 heteroatoms. The van der Waals surface area contributed by atoms with Crippen molar-refractivity contribution in [3.63, 3.8) is 0 Å². The number of nitrogens with zero attached hydrogens (tertiary/aromatic N) is 3. The lowest BCUT2D eigenvalue weighted by molar-refractivity contribution is 0.371. The molecule has 0 bridgehead atoms. The van der Waals surface area contributed by atoms with Crippen LogP contribution in [-0.4, -0.2) is 22.9 Å². The van der Waals surface area contributed by atoms with Crippen LogP contribution in [0.4, 0.5) is 11.5 Å². The van der Waals surface area contributed by atoms with Gasteiger partial charge in [0.1, 0.15) is 5.82 Å². The Morgan fingerprint density at radius 1 is 1.16 bits per heavy atom. The van der Waals surface area contributed by atoms with Crippen molar-refractivity contribution in [3.05, 3.63) is 41.0 Å². The topological polar surface area (TPSA) is 47.1 Å². The number of piperidine rings is 1. The Bertz CT molecular complexity index is 544. The second kappa shape index (κ2) is 5.25. The summed E-state index contributed by atoms with van der Waals surface area (Å²) in [4.78, 5) is 2.42. The molecular weight excluding hydrogens is 304 g/mol. The highest BCUT2D eigenvalue weighted by molar-refractivity contribution is 9.10. The Balaban J connectivity index is 1.68. The monoisotopic (exact) mass is 320 g/mol. The average molecular weight is 321 g/mol. The molecule has 0 radical (unpaired) electrons. The van der Waals surface area contributed by atoms with Gasteiger partial charge in [0, 0.05) is 18.8 Å². The lowest BCUT2D eigenvalue weighted by atomic mass is 10.0. The molecule has 2 N–H and O–H groups in total. The Kier molecular flexibility index (Phi) is 3.46. The first-order chi connectivity index (χ1) is 9.25. The van der Waals surface area contributed by atoms with Crippen LogP contribution in [0.3, 0.4) is 0 Å². The van der Waals surface area contributed by atoms with Crippen LogP contribution in [0.5, 0.6) is 0 Å². The molecule has 0 aliphatic carbocycles. The lowest BCUT2D eigenvalue weighted by Crippen LogP contribution is -2.35. The van der Waals surface area contributed by atoms with Crippen molar-refractivity contribution < 1.29 is 0 Å². The number of hydrogen-bond donors (Lipinski definition) is 1. The quantitative estimate of drug-likeness (QED) is 0.925. The van der Waals surface area contributed by atoms with Crippen LogP contribution in [-0.2, 0) is 0 Å². The van der Waals surface area contributed by atoms with Gasteiger partial charge in [0.25, 0.3) is 0 Å². The molecule has 1 saturated heterocycles. The predicted octanol–water partition coefficient (Wildman–Crippen LogP) is 3.07. The van der Waals surface area contributed by atoms with Crippen LogP contribution in [0.2, 0.25) is 0 Å². The van der Waals surface area contributed by atoms with E-state index in [0.29, 0.717) is 6.04 Å². The Morgan fingerprint density at radius 2 is 1.84 bits per heavy atom. The third-order valence-electron chi connectivity index (χ3n) is 3.72. The van der Waals surface area contributed by atoms with Gasteiger partial charge in [-0.2, -0.15) is 5.10 Å². The molecule has 1 aromatic heterocycles. The van der Waals surface area contributed by atoms with E-state index in [1.807, 2.05) is 4.68 Å². The summed E-state index contributed by atoms with van der Waals surface area (Å²) in [5.41, 5.74) is 7.32. The van der Waals surface area contributed by atoms with Crippen molar-refractivity contribution >= 4 is 27.4 Å². The molecule has 0 saturated carbocycles. The van der Waals surface area contributed by atoms with Crippen molar-refractivity contribution in [1.29, 1.82) is 0 Å². The number of benzene rings is 1. The molecule has 1 fully saturated rings. The predicted molar refractivity (Wildman–Crippen MR) is 81.3 cm³/mol. The van der Waals surface area contributed by atoms with Gasteiger partial charge in [0.15, 0.2) is 0 Å². The average Bonchev–Trinajstić information content (AvgIpc) is 2.80. The summed E-state index contributed by atoms with van der Waals surface area (Å²) in [6, 6.07) is 11.0. The standard InChI is InChI=1S/C14H17BrN4/c15-13-10-17-19(14(13)16)12-6-8-18(9-7-12)11-4-2-1-3-5-11/h1-5,10,12H,6-9,16H2. The summed E-state index contributed by atoms with van der Waals surface area (Å²) in [5, 5.41) is 4.36. The minimum Gasteiger partial charge on any atom is -0.383 e. The van der Waals surface area contributed by atoms with Gasteiger partial charge < -0.3 is 10.6 Å².